The Morgan fingerprint density at radius 1 is 1.00 bits per heavy atom. The van der Waals surface area contributed by atoms with Gasteiger partial charge in [0.2, 0.25) is 11.8 Å². The minimum absolute atomic E-state index is 0.296. The first-order valence-corrected chi connectivity index (χ1v) is 3.71. The maximum Gasteiger partial charge on any atom is 0.237 e. The van der Waals surface area contributed by atoms with E-state index in [-0.39, 0.29) is 23.7 Å². The average molecular weight is 172 g/mol. The molecule has 0 aromatic carbocycles. The lowest BCUT2D eigenvalue weighted by Crippen LogP contribution is -2.50. The molecule has 0 aromatic rings. The molecular formula is C6H12N4O2. The fourth-order valence-corrected chi connectivity index (χ4v) is 1.34. The summed E-state index contributed by atoms with van der Waals surface area (Å²) in [6.45, 7) is 0. The molecule has 0 spiro atoms. The molecule has 1 aliphatic rings. The lowest BCUT2D eigenvalue weighted by atomic mass is 9.73. The highest BCUT2D eigenvalue weighted by molar-refractivity contribution is 5.88. The van der Waals surface area contributed by atoms with Gasteiger partial charge in [0, 0.05) is 0 Å². The first-order valence-electron chi connectivity index (χ1n) is 3.71. The van der Waals surface area contributed by atoms with Crippen molar-refractivity contribution in [2.75, 3.05) is 0 Å². The number of amides is 2. The van der Waals surface area contributed by atoms with Crippen LogP contribution in [0.15, 0.2) is 0 Å². The fourth-order valence-electron chi connectivity index (χ4n) is 1.34. The highest BCUT2D eigenvalue weighted by Crippen LogP contribution is 2.34. The van der Waals surface area contributed by atoms with Gasteiger partial charge in [0.05, 0.1) is 11.8 Å². The van der Waals surface area contributed by atoms with Gasteiger partial charge >= 0.3 is 0 Å². The number of nitrogens with two attached hydrogens (primary N) is 2. The van der Waals surface area contributed by atoms with Gasteiger partial charge in [0.1, 0.15) is 0 Å². The summed E-state index contributed by atoms with van der Waals surface area (Å²) in [4.78, 5) is 21.9. The predicted molar refractivity (Wildman–Crippen MR) is 40.9 cm³/mol. The van der Waals surface area contributed by atoms with E-state index >= 15 is 0 Å². The third-order valence-corrected chi connectivity index (χ3v) is 2.23. The Balaban J connectivity index is 2.49. The van der Waals surface area contributed by atoms with Gasteiger partial charge < -0.3 is 0 Å². The van der Waals surface area contributed by atoms with Crippen LogP contribution in [0.3, 0.4) is 0 Å². The SMILES string of the molecule is NNC(=O)[C@H]1CC[C@@H]1C(=O)NN. The highest BCUT2D eigenvalue weighted by atomic mass is 16.2. The van der Waals surface area contributed by atoms with Gasteiger partial charge in [-0.15, -0.1) is 0 Å². The molecule has 0 aliphatic heterocycles. The molecule has 0 aromatic heterocycles. The van der Waals surface area contributed by atoms with E-state index in [0.29, 0.717) is 12.8 Å². The van der Waals surface area contributed by atoms with E-state index in [9.17, 15) is 9.59 Å². The van der Waals surface area contributed by atoms with E-state index < -0.39 is 0 Å². The van der Waals surface area contributed by atoms with Gasteiger partial charge in [-0.1, -0.05) is 0 Å². The maximum atomic E-state index is 11.0. The second-order valence-corrected chi connectivity index (χ2v) is 2.81. The molecule has 12 heavy (non-hydrogen) atoms. The summed E-state index contributed by atoms with van der Waals surface area (Å²) < 4.78 is 0. The summed E-state index contributed by atoms with van der Waals surface area (Å²) >= 11 is 0. The number of hydrogen-bond acceptors (Lipinski definition) is 4. The predicted octanol–water partition coefficient (Wildman–Crippen LogP) is -2.01. The molecule has 0 unspecified atom stereocenters. The molecule has 0 radical (unpaired) electrons. The third kappa shape index (κ3) is 1.39. The summed E-state index contributed by atoms with van der Waals surface area (Å²) in [5.74, 6) is 8.64. The average Bonchev–Trinajstić information content (AvgIpc) is 2.02. The van der Waals surface area contributed by atoms with Gasteiger partial charge in [0.25, 0.3) is 0 Å². The normalized spacial score (nSPS) is 27.2. The first-order chi connectivity index (χ1) is 5.70. The van der Waals surface area contributed by atoms with Crippen LogP contribution in [0.25, 0.3) is 0 Å². The van der Waals surface area contributed by atoms with Crippen molar-refractivity contribution < 1.29 is 9.59 Å². The number of carbonyl (C=O) groups excluding carboxylic acids is 2. The third-order valence-electron chi connectivity index (χ3n) is 2.23. The summed E-state index contributed by atoms with van der Waals surface area (Å²) in [5.41, 5.74) is 4.03. The van der Waals surface area contributed by atoms with Crippen LogP contribution in [0.1, 0.15) is 12.8 Å². The number of rotatable bonds is 2. The van der Waals surface area contributed by atoms with Crippen LogP contribution in [-0.2, 0) is 9.59 Å². The Kier molecular flexibility index (Phi) is 2.61. The van der Waals surface area contributed by atoms with Crippen molar-refractivity contribution in [2.24, 2.45) is 23.5 Å². The second kappa shape index (κ2) is 3.51. The van der Waals surface area contributed by atoms with Crippen molar-refractivity contribution in [3.05, 3.63) is 0 Å². The molecule has 1 fully saturated rings. The van der Waals surface area contributed by atoms with E-state index in [1.807, 2.05) is 10.9 Å². The van der Waals surface area contributed by atoms with Gasteiger partial charge in [-0.3, -0.25) is 20.4 Å². The van der Waals surface area contributed by atoms with Crippen molar-refractivity contribution in [1.82, 2.24) is 10.9 Å². The summed E-state index contributed by atoms with van der Waals surface area (Å²) in [7, 11) is 0. The molecule has 2 atom stereocenters. The van der Waals surface area contributed by atoms with Crippen molar-refractivity contribution in [1.29, 1.82) is 0 Å². The van der Waals surface area contributed by atoms with Crippen molar-refractivity contribution in [2.45, 2.75) is 12.8 Å². The number of nitrogens with one attached hydrogen (secondary N) is 2. The molecule has 0 heterocycles. The van der Waals surface area contributed by atoms with Crippen LogP contribution in [-0.4, -0.2) is 11.8 Å². The van der Waals surface area contributed by atoms with Crippen molar-refractivity contribution in [3.63, 3.8) is 0 Å². The van der Waals surface area contributed by atoms with E-state index in [0.717, 1.165) is 0 Å². The lowest BCUT2D eigenvalue weighted by molar-refractivity contribution is -0.140. The summed E-state index contributed by atoms with van der Waals surface area (Å²) in [6, 6.07) is 0. The van der Waals surface area contributed by atoms with Gasteiger partial charge in [-0.2, -0.15) is 0 Å². The minimum atomic E-state index is -0.307. The topological polar surface area (TPSA) is 110 Å². The molecule has 1 aliphatic carbocycles. The lowest BCUT2D eigenvalue weighted by Gasteiger charge is -2.32. The molecule has 68 valence electrons. The summed E-state index contributed by atoms with van der Waals surface area (Å²) in [5, 5.41) is 0. The molecule has 0 bridgehead atoms. The Hall–Kier alpha value is -1.14. The summed E-state index contributed by atoms with van der Waals surface area (Å²) in [6.07, 6.45) is 1.39. The second-order valence-electron chi connectivity index (χ2n) is 2.81. The van der Waals surface area contributed by atoms with E-state index in [1.54, 1.807) is 0 Å². The smallest absolute Gasteiger partial charge is 0.237 e. The zero-order valence-electron chi connectivity index (χ0n) is 6.54. The van der Waals surface area contributed by atoms with Crippen molar-refractivity contribution in [3.8, 4) is 0 Å². The molecule has 2 amide bonds. The van der Waals surface area contributed by atoms with E-state index in [1.165, 1.54) is 0 Å². The standard InChI is InChI=1S/C6H12N4O2/c7-9-5(11)3-1-2-4(3)6(12)10-8/h3-4H,1-2,7-8H2,(H,9,11)(H,10,12)/t3-,4-/m0/s1. The van der Waals surface area contributed by atoms with Gasteiger partial charge in [-0.25, -0.2) is 11.7 Å². The zero-order valence-corrected chi connectivity index (χ0v) is 6.54. The minimum Gasteiger partial charge on any atom is -0.294 e. The first kappa shape index (κ1) is 8.95. The van der Waals surface area contributed by atoms with Crippen LogP contribution in [0.4, 0.5) is 0 Å². The van der Waals surface area contributed by atoms with Crippen molar-refractivity contribution >= 4 is 11.8 Å². The quantitative estimate of drug-likeness (QED) is 0.219. The molecule has 6 heteroatoms. The number of carbonyl (C=O) groups is 2. The van der Waals surface area contributed by atoms with Gasteiger partial charge in [-0.05, 0) is 12.8 Å². The molecule has 6 nitrogen and oxygen atoms in total. The zero-order chi connectivity index (χ0) is 9.14. The maximum absolute atomic E-state index is 11.0. The van der Waals surface area contributed by atoms with Crippen LogP contribution < -0.4 is 22.5 Å². The van der Waals surface area contributed by atoms with Crippen LogP contribution in [0, 0.1) is 11.8 Å². The molecule has 1 saturated carbocycles. The van der Waals surface area contributed by atoms with Crippen LogP contribution in [0.5, 0.6) is 0 Å². The van der Waals surface area contributed by atoms with E-state index in [4.69, 9.17) is 11.7 Å². The fraction of sp³-hybridized carbons (Fsp3) is 0.667. The highest BCUT2D eigenvalue weighted by Gasteiger charge is 2.40. The molecular weight excluding hydrogens is 160 g/mol. The van der Waals surface area contributed by atoms with Crippen LogP contribution >= 0.6 is 0 Å². The Labute approximate surface area is 69.6 Å². The van der Waals surface area contributed by atoms with Gasteiger partial charge in [0.15, 0.2) is 0 Å². The Bertz CT molecular complexity index is 184. The number of hydrazine groups is 2. The largest absolute Gasteiger partial charge is 0.294 e. The monoisotopic (exact) mass is 172 g/mol. The molecule has 6 N–H and O–H groups in total. The van der Waals surface area contributed by atoms with E-state index in [2.05, 4.69) is 0 Å². The Morgan fingerprint density at radius 2 is 1.33 bits per heavy atom. The molecule has 0 saturated heterocycles. The number of hydrogen-bond donors (Lipinski definition) is 4. The van der Waals surface area contributed by atoms with Crippen LogP contribution in [0.2, 0.25) is 0 Å². The molecule has 1 rings (SSSR count). The Morgan fingerprint density at radius 3 is 1.50 bits per heavy atom.